The summed E-state index contributed by atoms with van der Waals surface area (Å²) >= 11 is 5.24. The van der Waals surface area contributed by atoms with Crippen molar-refractivity contribution in [1.29, 1.82) is 0 Å². The van der Waals surface area contributed by atoms with Gasteiger partial charge in [0.1, 0.15) is 0 Å². The summed E-state index contributed by atoms with van der Waals surface area (Å²) in [6.45, 7) is 2.23. The van der Waals surface area contributed by atoms with Crippen LogP contribution in [-0.4, -0.2) is 24.4 Å². The third-order valence-electron chi connectivity index (χ3n) is 1.68. The zero-order valence-corrected chi connectivity index (χ0v) is 11.6. The maximum atomic E-state index is 5.37. The summed E-state index contributed by atoms with van der Waals surface area (Å²) in [4.78, 5) is 3.97. The number of hydrogen-bond donors (Lipinski definition) is 1. The first kappa shape index (κ1) is 14.3. The molecule has 0 saturated heterocycles. The van der Waals surface area contributed by atoms with Crippen molar-refractivity contribution < 1.29 is 9.05 Å². The molecule has 1 N–H and O–H groups in total. The van der Waals surface area contributed by atoms with E-state index >= 15 is 0 Å². The van der Waals surface area contributed by atoms with Crippen molar-refractivity contribution in [2.45, 2.75) is 13.8 Å². The Balaban J connectivity index is 2.58. The Kier molecular flexibility index (Phi) is 6.29. The summed E-state index contributed by atoms with van der Waals surface area (Å²) in [5.41, 5.74) is 0.884. The highest BCUT2D eigenvalue weighted by Gasteiger charge is 2.15. The van der Waals surface area contributed by atoms with Gasteiger partial charge in [-0.2, -0.15) is 5.10 Å². The highest BCUT2D eigenvalue weighted by molar-refractivity contribution is 8.08. The lowest BCUT2D eigenvalue weighted by Gasteiger charge is -2.19. The second-order valence-electron chi connectivity index (χ2n) is 2.98. The van der Waals surface area contributed by atoms with Crippen molar-refractivity contribution >= 4 is 24.7 Å². The Labute approximate surface area is 106 Å². The van der Waals surface area contributed by atoms with Crippen LogP contribution in [0.25, 0.3) is 0 Å². The molecule has 0 atom stereocenters. The molecule has 0 aliphatic rings. The molecular formula is C10H16N3O2PS. The minimum Gasteiger partial charge on any atom is -0.313 e. The molecule has 0 radical (unpaired) electrons. The van der Waals surface area contributed by atoms with E-state index in [1.165, 1.54) is 0 Å². The molecule has 1 aromatic rings. The quantitative estimate of drug-likeness (QED) is 0.469. The maximum Gasteiger partial charge on any atom is 0.303 e. The molecule has 0 fully saturated rings. The van der Waals surface area contributed by atoms with Crippen LogP contribution in [0.5, 0.6) is 0 Å². The van der Waals surface area contributed by atoms with Gasteiger partial charge in [0.15, 0.2) is 0 Å². The monoisotopic (exact) mass is 273 g/mol. The van der Waals surface area contributed by atoms with Gasteiger partial charge in [0.25, 0.3) is 0 Å². The van der Waals surface area contributed by atoms with E-state index in [9.17, 15) is 0 Å². The van der Waals surface area contributed by atoms with Crippen LogP contribution in [0.2, 0.25) is 0 Å². The molecule has 0 aromatic carbocycles. The predicted octanol–water partition coefficient (Wildman–Crippen LogP) is 2.30. The van der Waals surface area contributed by atoms with Gasteiger partial charge in [-0.05, 0) is 31.7 Å². The van der Waals surface area contributed by atoms with Gasteiger partial charge in [0.2, 0.25) is 0 Å². The smallest absolute Gasteiger partial charge is 0.303 e. The molecule has 0 bridgehead atoms. The molecule has 7 heteroatoms. The van der Waals surface area contributed by atoms with E-state index in [1.54, 1.807) is 18.6 Å². The van der Waals surface area contributed by atoms with Crippen LogP contribution in [-0.2, 0) is 20.9 Å². The summed E-state index contributed by atoms with van der Waals surface area (Å²) in [6, 6.07) is 3.73. The molecule has 0 amide bonds. The van der Waals surface area contributed by atoms with Gasteiger partial charge in [-0.15, -0.1) is 0 Å². The van der Waals surface area contributed by atoms with E-state index in [0.717, 1.165) is 5.56 Å². The lowest BCUT2D eigenvalue weighted by Crippen LogP contribution is -2.09. The molecule has 0 saturated carbocycles. The van der Waals surface area contributed by atoms with Crippen LogP contribution in [0.1, 0.15) is 19.4 Å². The lowest BCUT2D eigenvalue weighted by molar-refractivity contribution is 0.259. The van der Waals surface area contributed by atoms with Crippen LogP contribution in [0, 0.1) is 0 Å². The number of pyridine rings is 1. The van der Waals surface area contributed by atoms with Crippen molar-refractivity contribution in [3.63, 3.8) is 0 Å². The van der Waals surface area contributed by atoms with Crippen molar-refractivity contribution in [1.82, 2.24) is 10.2 Å². The Morgan fingerprint density at radius 1 is 1.47 bits per heavy atom. The van der Waals surface area contributed by atoms with Crippen molar-refractivity contribution in [3.8, 4) is 0 Å². The third-order valence-corrected chi connectivity index (χ3v) is 4.11. The minimum atomic E-state index is -2.49. The Bertz CT molecular complexity index is 390. The van der Waals surface area contributed by atoms with Crippen LogP contribution >= 0.6 is 6.64 Å². The SMILES string of the molecule is CCOP(=S)(NN=Cc1cccnc1)OCC. The maximum absolute atomic E-state index is 5.37. The number of hydrazone groups is 1. The van der Waals surface area contributed by atoms with Gasteiger partial charge < -0.3 is 9.05 Å². The fourth-order valence-corrected chi connectivity index (χ4v) is 2.90. The topological polar surface area (TPSA) is 55.7 Å². The van der Waals surface area contributed by atoms with Gasteiger partial charge >= 0.3 is 6.64 Å². The fraction of sp³-hybridized carbons (Fsp3) is 0.400. The molecule has 1 heterocycles. The molecule has 17 heavy (non-hydrogen) atoms. The molecule has 0 aliphatic carbocycles. The van der Waals surface area contributed by atoms with Crippen molar-refractivity contribution in [2.24, 2.45) is 5.10 Å². The predicted molar refractivity (Wildman–Crippen MR) is 72.5 cm³/mol. The average molecular weight is 273 g/mol. The Morgan fingerprint density at radius 3 is 2.71 bits per heavy atom. The summed E-state index contributed by atoms with van der Waals surface area (Å²) in [5, 5.41) is 6.80. The van der Waals surface area contributed by atoms with Crippen LogP contribution in [0.3, 0.4) is 0 Å². The Morgan fingerprint density at radius 2 is 2.18 bits per heavy atom. The number of nitrogens with zero attached hydrogens (tertiary/aromatic N) is 2. The number of aromatic nitrogens is 1. The second kappa shape index (κ2) is 7.50. The highest BCUT2D eigenvalue weighted by Crippen LogP contribution is 2.43. The first-order valence-corrected chi connectivity index (χ1v) is 7.93. The van der Waals surface area contributed by atoms with E-state index in [2.05, 4.69) is 15.3 Å². The fourth-order valence-electron chi connectivity index (χ4n) is 1.06. The standard InChI is InChI=1S/C10H16N3O2PS/c1-3-14-16(17,15-4-2)13-12-9-10-6-5-7-11-8-10/h5-9H,3-4H2,1-2H3,(H,13,17). The lowest BCUT2D eigenvalue weighted by atomic mass is 10.3. The van der Waals surface area contributed by atoms with Crippen molar-refractivity contribution in [3.05, 3.63) is 30.1 Å². The molecule has 0 aliphatic heterocycles. The van der Waals surface area contributed by atoms with Crippen LogP contribution < -0.4 is 5.20 Å². The molecular weight excluding hydrogens is 257 g/mol. The van der Waals surface area contributed by atoms with E-state index in [1.807, 2.05) is 26.0 Å². The number of hydrogen-bond acceptors (Lipinski definition) is 5. The summed E-state index contributed by atoms with van der Waals surface area (Å²) in [6.07, 6.45) is 5.04. The molecule has 0 spiro atoms. The van der Waals surface area contributed by atoms with E-state index < -0.39 is 6.64 Å². The summed E-state index contributed by atoms with van der Waals surface area (Å²) < 4.78 is 10.7. The molecule has 94 valence electrons. The summed E-state index contributed by atoms with van der Waals surface area (Å²) in [7, 11) is 0. The minimum absolute atomic E-state index is 0.493. The van der Waals surface area contributed by atoms with Gasteiger partial charge in [-0.1, -0.05) is 6.07 Å². The highest BCUT2D eigenvalue weighted by atomic mass is 32.5. The summed E-state index contributed by atoms with van der Waals surface area (Å²) in [5.74, 6) is 0. The van der Waals surface area contributed by atoms with Crippen LogP contribution in [0.15, 0.2) is 29.6 Å². The number of rotatable bonds is 7. The zero-order valence-electron chi connectivity index (χ0n) is 9.87. The van der Waals surface area contributed by atoms with Gasteiger partial charge in [0.05, 0.1) is 19.4 Å². The van der Waals surface area contributed by atoms with Crippen LogP contribution in [0.4, 0.5) is 0 Å². The van der Waals surface area contributed by atoms with Gasteiger partial charge in [-0.25, -0.2) is 5.20 Å². The van der Waals surface area contributed by atoms with Crippen molar-refractivity contribution in [2.75, 3.05) is 13.2 Å². The molecule has 1 rings (SSSR count). The second-order valence-corrected chi connectivity index (χ2v) is 6.13. The van der Waals surface area contributed by atoms with E-state index in [-0.39, 0.29) is 0 Å². The van der Waals surface area contributed by atoms with Gasteiger partial charge in [-0.3, -0.25) is 4.98 Å². The van der Waals surface area contributed by atoms with E-state index in [4.69, 9.17) is 20.9 Å². The Hall–Kier alpha value is -0.810. The largest absolute Gasteiger partial charge is 0.313 e. The molecule has 0 unspecified atom stereocenters. The molecule has 5 nitrogen and oxygen atoms in total. The van der Waals surface area contributed by atoms with Gasteiger partial charge in [0, 0.05) is 18.0 Å². The first-order chi connectivity index (χ1) is 8.20. The first-order valence-electron chi connectivity index (χ1n) is 5.29. The number of nitrogens with one attached hydrogen (secondary N) is 1. The molecule has 1 aromatic heterocycles. The van der Waals surface area contributed by atoms with E-state index in [0.29, 0.717) is 13.2 Å². The zero-order chi connectivity index (χ0) is 12.6. The normalized spacial score (nSPS) is 11.9. The third kappa shape index (κ3) is 5.37. The average Bonchev–Trinajstić information content (AvgIpc) is 2.31.